The number of nitrogens with one attached hydrogen (secondary N) is 1. The lowest BCUT2D eigenvalue weighted by Gasteiger charge is -2.15. The second-order valence-electron chi connectivity index (χ2n) is 5.00. The molecule has 1 amide bonds. The van der Waals surface area contributed by atoms with Crippen molar-refractivity contribution in [2.75, 3.05) is 6.54 Å². The largest absolute Gasteiger partial charge is 0.481 e. The van der Waals surface area contributed by atoms with E-state index in [9.17, 15) is 14.0 Å². The highest BCUT2D eigenvalue weighted by Crippen LogP contribution is 2.15. The highest BCUT2D eigenvalue weighted by Gasteiger charge is 2.20. The summed E-state index contributed by atoms with van der Waals surface area (Å²) in [6.07, 6.45) is 0.443. The molecule has 6 heteroatoms. The number of hydrogen-bond donors (Lipinski definition) is 2. The van der Waals surface area contributed by atoms with E-state index in [2.05, 4.69) is 5.32 Å². The van der Waals surface area contributed by atoms with Crippen LogP contribution in [0, 0.1) is 17.7 Å². The number of benzene rings is 1. The van der Waals surface area contributed by atoms with Crippen LogP contribution < -0.4 is 5.32 Å². The fraction of sp³-hybridized carbons (Fsp3) is 0.429. The summed E-state index contributed by atoms with van der Waals surface area (Å²) in [4.78, 5) is 22.9. The molecule has 0 aromatic heterocycles. The standard InChI is InChI=1S/C14H17ClFNO3/c1-8(2)5-9(14(19)20)7-17-13(18)11-4-3-10(15)6-12(11)16/h3-4,6,8-9H,5,7H2,1-2H3,(H,17,18)(H,19,20). The van der Waals surface area contributed by atoms with Gasteiger partial charge in [0.05, 0.1) is 11.5 Å². The highest BCUT2D eigenvalue weighted by molar-refractivity contribution is 6.30. The van der Waals surface area contributed by atoms with Gasteiger partial charge in [0.2, 0.25) is 0 Å². The van der Waals surface area contributed by atoms with Gasteiger partial charge in [-0.2, -0.15) is 0 Å². The molecule has 0 saturated carbocycles. The molecule has 0 aliphatic rings. The third kappa shape index (κ3) is 4.81. The molecule has 0 fully saturated rings. The number of amides is 1. The van der Waals surface area contributed by atoms with Crippen LogP contribution in [0.1, 0.15) is 30.6 Å². The van der Waals surface area contributed by atoms with E-state index >= 15 is 0 Å². The summed E-state index contributed by atoms with van der Waals surface area (Å²) in [5, 5.41) is 11.7. The highest BCUT2D eigenvalue weighted by atomic mass is 35.5. The number of carboxylic acid groups (broad SMARTS) is 1. The van der Waals surface area contributed by atoms with Crippen molar-refractivity contribution in [1.82, 2.24) is 5.32 Å². The molecule has 0 radical (unpaired) electrons. The van der Waals surface area contributed by atoms with Crippen LogP contribution in [-0.2, 0) is 4.79 Å². The van der Waals surface area contributed by atoms with Gasteiger partial charge in [-0.25, -0.2) is 4.39 Å². The van der Waals surface area contributed by atoms with Crippen LogP contribution in [-0.4, -0.2) is 23.5 Å². The Bertz CT molecular complexity index is 505. The van der Waals surface area contributed by atoms with Crippen LogP contribution in [0.15, 0.2) is 18.2 Å². The lowest BCUT2D eigenvalue weighted by molar-refractivity contribution is -0.142. The van der Waals surface area contributed by atoms with Crippen LogP contribution in [0.2, 0.25) is 5.02 Å². The molecule has 0 aliphatic carbocycles. The SMILES string of the molecule is CC(C)CC(CNC(=O)c1ccc(Cl)cc1F)C(=O)O. The Morgan fingerprint density at radius 3 is 2.55 bits per heavy atom. The molecule has 0 spiro atoms. The summed E-state index contributed by atoms with van der Waals surface area (Å²) in [5.41, 5.74) is -0.150. The van der Waals surface area contributed by atoms with Gasteiger partial charge in [0.25, 0.3) is 5.91 Å². The second kappa shape index (κ2) is 7.24. The number of hydrogen-bond acceptors (Lipinski definition) is 2. The zero-order chi connectivity index (χ0) is 15.3. The van der Waals surface area contributed by atoms with Crippen LogP contribution in [0.3, 0.4) is 0 Å². The van der Waals surface area contributed by atoms with Gasteiger partial charge >= 0.3 is 5.97 Å². The molecule has 0 bridgehead atoms. The molecule has 1 atom stereocenters. The third-order valence-electron chi connectivity index (χ3n) is 2.79. The van der Waals surface area contributed by atoms with Gasteiger partial charge in [0, 0.05) is 11.6 Å². The van der Waals surface area contributed by atoms with Crippen LogP contribution in [0.5, 0.6) is 0 Å². The Labute approximate surface area is 121 Å². The zero-order valence-corrected chi connectivity index (χ0v) is 12.1. The third-order valence-corrected chi connectivity index (χ3v) is 3.03. The Morgan fingerprint density at radius 2 is 2.05 bits per heavy atom. The molecule has 2 N–H and O–H groups in total. The number of rotatable bonds is 6. The zero-order valence-electron chi connectivity index (χ0n) is 11.3. The lowest BCUT2D eigenvalue weighted by Crippen LogP contribution is -2.34. The van der Waals surface area contributed by atoms with E-state index in [1.54, 1.807) is 0 Å². The van der Waals surface area contributed by atoms with Gasteiger partial charge in [-0.3, -0.25) is 9.59 Å². The Morgan fingerprint density at radius 1 is 1.40 bits per heavy atom. The van der Waals surface area contributed by atoms with Gasteiger partial charge in [-0.15, -0.1) is 0 Å². The number of halogens is 2. The van der Waals surface area contributed by atoms with E-state index in [1.165, 1.54) is 12.1 Å². The summed E-state index contributed by atoms with van der Waals surface area (Å²) in [6.45, 7) is 3.77. The number of carbonyl (C=O) groups excluding carboxylic acids is 1. The molecule has 1 unspecified atom stereocenters. The molecule has 0 heterocycles. The minimum absolute atomic E-state index is 0.0333. The normalized spacial score (nSPS) is 12.2. The monoisotopic (exact) mass is 301 g/mol. The maximum absolute atomic E-state index is 13.5. The van der Waals surface area contributed by atoms with Crippen molar-refractivity contribution in [3.8, 4) is 0 Å². The predicted molar refractivity (Wildman–Crippen MR) is 74.3 cm³/mol. The maximum atomic E-state index is 13.5. The van der Waals surface area contributed by atoms with Crippen LogP contribution in [0.25, 0.3) is 0 Å². The minimum Gasteiger partial charge on any atom is -0.481 e. The lowest BCUT2D eigenvalue weighted by atomic mass is 9.97. The topological polar surface area (TPSA) is 66.4 Å². The minimum atomic E-state index is -0.976. The predicted octanol–water partition coefficient (Wildman–Crippen LogP) is 2.96. The average molecular weight is 302 g/mol. The first kappa shape index (κ1) is 16.4. The fourth-order valence-corrected chi connectivity index (χ4v) is 1.98. The summed E-state index contributed by atoms with van der Waals surface area (Å²) in [5.74, 6) is -2.84. The smallest absolute Gasteiger partial charge is 0.308 e. The maximum Gasteiger partial charge on any atom is 0.308 e. The quantitative estimate of drug-likeness (QED) is 0.849. The summed E-state index contributed by atoms with van der Waals surface area (Å²) in [6, 6.07) is 3.72. The first-order valence-electron chi connectivity index (χ1n) is 6.27. The summed E-state index contributed by atoms with van der Waals surface area (Å²) < 4.78 is 13.5. The van der Waals surface area contributed by atoms with E-state index in [0.29, 0.717) is 6.42 Å². The van der Waals surface area contributed by atoms with E-state index in [-0.39, 0.29) is 23.0 Å². The number of carbonyl (C=O) groups is 2. The first-order valence-corrected chi connectivity index (χ1v) is 6.65. The van der Waals surface area contributed by atoms with Gasteiger partial charge in [-0.05, 0) is 30.5 Å². The first-order chi connectivity index (χ1) is 9.31. The molecule has 0 saturated heterocycles. The van der Waals surface area contributed by atoms with Crippen molar-refractivity contribution in [3.63, 3.8) is 0 Å². The number of aliphatic carboxylic acids is 1. The van der Waals surface area contributed by atoms with Gasteiger partial charge in [-0.1, -0.05) is 25.4 Å². The molecule has 1 rings (SSSR count). The molecule has 0 aliphatic heterocycles. The molecule has 4 nitrogen and oxygen atoms in total. The van der Waals surface area contributed by atoms with Crippen molar-refractivity contribution < 1.29 is 19.1 Å². The Balaban J connectivity index is 2.68. The molecular weight excluding hydrogens is 285 g/mol. The van der Waals surface area contributed by atoms with Crippen molar-refractivity contribution in [1.29, 1.82) is 0 Å². The van der Waals surface area contributed by atoms with Crippen LogP contribution in [0.4, 0.5) is 4.39 Å². The van der Waals surface area contributed by atoms with Gasteiger partial charge in [0.1, 0.15) is 5.82 Å². The Hall–Kier alpha value is -1.62. The van der Waals surface area contributed by atoms with E-state index in [4.69, 9.17) is 16.7 Å². The summed E-state index contributed by atoms with van der Waals surface area (Å²) >= 11 is 5.60. The van der Waals surface area contributed by atoms with Gasteiger partial charge in [0.15, 0.2) is 0 Å². The number of carboxylic acids is 1. The van der Waals surface area contributed by atoms with Crippen molar-refractivity contribution in [2.45, 2.75) is 20.3 Å². The average Bonchev–Trinajstić information content (AvgIpc) is 2.33. The van der Waals surface area contributed by atoms with Crippen molar-refractivity contribution in [3.05, 3.63) is 34.6 Å². The van der Waals surface area contributed by atoms with Crippen LogP contribution >= 0.6 is 11.6 Å². The molecular formula is C14H17ClFNO3. The van der Waals surface area contributed by atoms with E-state index in [1.807, 2.05) is 13.8 Å². The molecule has 1 aromatic carbocycles. The fourth-order valence-electron chi connectivity index (χ4n) is 1.83. The van der Waals surface area contributed by atoms with E-state index < -0.39 is 23.6 Å². The second-order valence-corrected chi connectivity index (χ2v) is 5.44. The van der Waals surface area contributed by atoms with Crippen molar-refractivity contribution >= 4 is 23.5 Å². The van der Waals surface area contributed by atoms with Crippen molar-refractivity contribution in [2.24, 2.45) is 11.8 Å². The molecule has 20 heavy (non-hydrogen) atoms. The van der Waals surface area contributed by atoms with Gasteiger partial charge < -0.3 is 10.4 Å². The Kier molecular flexibility index (Phi) is 5.95. The van der Waals surface area contributed by atoms with E-state index in [0.717, 1.165) is 6.07 Å². The molecule has 110 valence electrons. The molecule has 1 aromatic rings. The summed E-state index contributed by atoms with van der Waals surface area (Å²) in [7, 11) is 0.